The molecule has 0 aliphatic heterocycles. The molecule has 3 rings (SSSR count). The van der Waals surface area contributed by atoms with Gasteiger partial charge in [0.15, 0.2) is 0 Å². The number of rotatable bonds is 1. The third-order valence-corrected chi connectivity index (χ3v) is 3.47. The zero-order valence-electron chi connectivity index (χ0n) is 11.7. The number of aromatic nitrogens is 1. The molecule has 96 valence electrons. The van der Waals surface area contributed by atoms with Crippen molar-refractivity contribution < 1.29 is 0 Å². The predicted molar refractivity (Wildman–Crippen MR) is 80.8 cm³/mol. The first-order valence-corrected chi connectivity index (χ1v) is 7.12. The maximum atomic E-state index is 3.39. The van der Waals surface area contributed by atoms with E-state index in [-0.39, 0.29) is 0 Å². The molecule has 0 saturated heterocycles. The molecule has 0 spiro atoms. The van der Waals surface area contributed by atoms with Crippen molar-refractivity contribution in [1.82, 2.24) is 4.98 Å². The zero-order valence-corrected chi connectivity index (χ0v) is 11.7. The molecule has 0 radical (unpaired) electrons. The van der Waals surface area contributed by atoms with E-state index in [1.807, 2.05) is 13.8 Å². The fourth-order valence-electron chi connectivity index (χ4n) is 2.59. The van der Waals surface area contributed by atoms with Gasteiger partial charge in [-0.1, -0.05) is 32.1 Å². The minimum Gasteiger partial charge on any atom is -0.361 e. The maximum absolute atomic E-state index is 3.39. The largest absolute Gasteiger partial charge is 0.361 e. The highest BCUT2D eigenvalue weighted by molar-refractivity contribution is 5.93. The van der Waals surface area contributed by atoms with E-state index in [0.29, 0.717) is 0 Å². The Bertz CT molecular complexity index is 546. The number of hydrogen-bond donors (Lipinski definition) is 1. The van der Waals surface area contributed by atoms with Gasteiger partial charge in [-0.25, -0.2) is 0 Å². The molecule has 1 heteroatoms. The molecule has 18 heavy (non-hydrogen) atoms. The fourth-order valence-corrected chi connectivity index (χ4v) is 2.59. The summed E-state index contributed by atoms with van der Waals surface area (Å²) < 4.78 is 0. The number of nitrogens with one attached hydrogen (secondary N) is 1. The van der Waals surface area contributed by atoms with Crippen molar-refractivity contribution in [3.8, 4) is 0 Å². The number of fused-ring (bicyclic) bond motifs is 1. The van der Waals surface area contributed by atoms with Gasteiger partial charge < -0.3 is 4.98 Å². The number of allylic oxidation sites excluding steroid dienone is 2. The first kappa shape index (κ1) is 12.9. The summed E-state index contributed by atoms with van der Waals surface area (Å²) in [5.74, 6) is 0. The average Bonchev–Trinajstić information content (AvgIpc) is 2.85. The molecule has 1 aromatic carbocycles. The van der Waals surface area contributed by atoms with Crippen molar-refractivity contribution in [2.45, 2.75) is 46.5 Å². The lowest BCUT2D eigenvalue weighted by Crippen LogP contribution is -1.90. The molecule has 1 aliphatic carbocycles. The smallest absolute Gasteiger partial charge is 0.0462 e. The molecule has 2 aromatic rings. The number of hydrogen-bond acceptors (Lipinski definition) is 0. The van der Waals surface area contributed by atoms with Crippen molar-refractivity contribution in [1.29, 1.82) is 0 Å². The first-order chi connectivity index (χ1) is 8.84. The standard InChI is InChI=1S/C15H17N.C2H6/c1-11-7-8-13-14(10-16-15(13)9-11)12-5-3-2-4-6-12;1-2/h5,7-10,16H,2-4,6H2,1H3;1-2H3. The Morgan fingerprint density at radius 1 is 1.11 bits per heavy atom. The Morgan fingerprint density at radius 3 is 2.67 bits per heavy atom. The lowest BCUT2D eigenvalue weighted by molar-refractivity contribution is 0.742. The summed E-state index contributed by atoms with van der Waals surface area (Å²) in [6.45, 7) is 6.14. The summed E-state index contributed by atoms with van der Waals surface area (Å²) in [5.41, 5.74) is 5.52. The number of aromatic amines is 1. The van der Waals surface area contributed by atoms with Gasteiger partial charge in [0.1, 0.15) is 0 Å². The summed E-state index contributed by atoms with van der Waals surface area (Å²) in [5, 5.41) is 1.37. The predicted octanol–water partition coefficient (Wildman–Crippen LogP) is 5.46. The van der Waals surface area contributed by atoms with E-state index >= 15 is 0 Å². The Kier molecular flexibility index (Phi) is 4.24. The van der Waals surface area contributed by atoms with E-state index in [1.165, 1.54) is 53.3 Å². The van der Waals surface area contributed by atoms with Gasteiger partial charge in [-0.3, -0.25) is 0 Å². The second-order valence-corrected chi connectivity index (χ2v) is 4.73. The van der Waals surface area contributed by atoms with Crippen molar-refractivity contribution in [3.63, 3.8) is 0 Å². The Morgan fingerprint density at radius 2 is 1.94 bits per heavy atom. The highest BCUT2D eigenvalue weighted by Crippen LogP contribution is 2.31. The van der Waals surface area contributed by atoms with Crippen LogP contribution in [0.5, 0.6) is 0 Å². The summed E-state index contributed by atoms with van der Waals surface area (Å²) in [6.07, 6.45) is 9.75. The van der Waals surface area contributed by atoms with Crippen LogP contribution in [0.25, 0.3) is 16.5 Å². The molecule has 0 unspecified atom stereocenters. The topological polar surface area (TPSA) is 15.8 Å². The molecular weight excluding hydrogens is 218 g/mol. The maximum Gasteiger partial charge on any atom is 0.0462 e. The van der Waals surface area contributed by atoms with Crippen molar-refractivity contribution in [3.05, 3.63) is 41.6 Å². The van der Waals surface area contributed by atoms with Gasteiger partial charge in [0.05, 0.1) is 0 Å². The monoisotopic (exact) mass is 241 g/mol. The lowest BCUT2D eigenvalue weighted by Gasteiger charge is -2.11. The highest BCUT2D eigenvalue weighted by atomic mass is 14.7. The summed E-state index contributed by atoms with van der Waals surface area (Å²) in [4.78, 5) is 3.39. The molecule has 0 atom stereocenters. The molecule has 0 saturated carbocycles. The third kappa shape index (κ3) is 2.50. The minimum atomic E-state index is 1.24. The van der Waals surface area contributed by atoms with Gasteiger partial charge in [0.25, 0.3) is 0 Å². The van der Waals surface area contributed by atoms with E-state index in [9.17, 15) is 0 Å². The molecule has 1 aliphatic rings. The van der Waals surface area contributed by atoms with Gasteiger partial charge in [-0.15, -0.1) is 0 Å². The molecule has 0 amide bonds. The molecule has 1 nitrogen and oxygen atoms in total. The van der Waals surface area contributed by atoms with Crippen molar-refractivity contribution in [2.75, 3.05) is 0 Å². The highest BCUT2D eigenvalue weighted by Gasteiger charge is 2.10. The van der Waals surface area contributed by atoms with Crippen LogP contribution in [-0.4, -0.2) is 4.98 Å². The Balaban J connectivity index is 0.000000574. The van der Waals surface area contributed by atoms with Crippen LogP contribution in [0, 0.1) is 6.92 Å². The van der Waals surface area contributed by atoms with Crippen molar-refractivity contribution >= 4 is 16.5 Å². The van der Waals surface area contributed by atoms with Crippen LogP contribution in [0.3, 0.4) is 0 Å². The van der Waals surface area contributed by atoms with Crippen molar-refractivity contribution in [2.24, 2.45) is 0 Å². The number of H-pyrrole nitrogens is 1. The van der Waals surface area contributed by atoms with Crippen LogP contribution in [0.1, 0.15) is 50.7 Å². The fraction of sp³-hybridized carbons (Fsp3) is 0.412. The zero-order chi connectivity index (χ0) is 13.0. The summed E-state index contributed by atoms with van der Waals surface area (Å²) >= 11 is 0. The second-order valence-electron chi connectivity index (χ2n) is 4.73. The van der Waals surface area contributed by atoms with Crippen LogP contribution < -0.4 is 0 Å². The van der Waals surface area contributed by atoms with Gasteiger partial charge in [0, 0.05) is 22.7 Å². The van der Waals surface area contributed by atoms with Crippen LogP contribution in [0.2, 0.25) is 0 Å². The number of aryl methyl sites for hydroxylation is 1. The average molecular weight is 241 g/mol. The molecular formula is C17H23N. The van der Waals surface area contributed by atoms with Crippen LogP contribution in [-0.2, 0) is 0 Å². The molecule has 1 N–H and O–H groups in total. The van der Waals surface area contributed by atoms with E-state index in [0.717, 1.165) is 0 Å². The van der Waals surface area contributed by atoms with E-state index in [1.54, 1.807) is 0 Å². The summed E-state index contributed by atoms with van der Waals surface area (Å²) in [6, 6.07) is 6.66. The normalized spacial score (nSPS) is 14.9. The molecule has 0 fully saturated rings. The Labute approximate surface area is 110 Å². The lowest BCUT2D eigenvalue weighted by atomic mass is 9.93. The quantitative estimate of drug-likeness (QED) is 0.682. The molecule has 0 bridgehead atoms. The van der Waals surface area contributed by atoms with Crippen LogP contribution in [0.4, 0.5) is 0 Å². The van der Waals surface area contributed by atoms with E-state index < -0.39 is 0 Å². The van der Waals surface area contributed by atoms with E-state index in [4.69, 9.17) is 0 Å². The van der Waals surface area contributed by atoms with Crippen LogP contribution >= 0.6 is 0 Å². The minimum absolute atomic E-state index is 1.24. The van der Waals surface area contributed by atoms with Crippen LogP contribution in [0.15, 0.2) is 30.5 Å². The van der Waals surface area contributed by atoms with Gasteiger partial charge >= 0.3 is 0 Å². The first-order valence-electron chi connectivity index (χ1n) is 7.12. The van der Waals surface area contributed by atoms with Gasteiger partial charge in [-0.05, 0) is 49.8 Å². The third-order valence-electron chi connectivity index (χ3n) is 3.47. The molecule has 1 aromatic heterocycles. The summed E-state index contributed by atoms with van der Waals surface area (Å²) in [7, 11) is 0. The SMILES string of the molecule is CC.Cc1ccc2c(C3=CCCCC3)c[nH]c2c1. The second kappa shape index (κ2) is 5.90. The van der Waals surface area contributed by atoms with Gasteiger partial charge in [0.2, 0.25) is 0 Å². The number of benzene rings is 1. The Hall–Kier alpha value is -1.50. The van der Waals surface area contributed by atoms with Gasteiger partial charge in [-0.2, -0.15) is 0 Å². The molecule has 1 heterocycles. The van der Waals surface area contributed by atoms with E-state index in [2.05, 4.69) is 42.4 Å².